The zero-order valence-electron chi connectivity index (χ0n) is 11.8. The first kappa shape index (κ1) is 13.5. The normalized spacial score (nSPS) is 10.3. The van der Waals surface area contributed by atoms with E-state index in [1.807, 2.05) is 18.2 Å². The molecule has 0 atom stereocenters. The average Bonchev–Trinajstić information content (AvgIpc) is 2.46. The van der Waals surface area contributed by atoms with Gasteiger partial charge in [-0.2, -0.15) is 0 Å². The number of methoxy groups -OCH3 is 2. The van der Waals surface area contributed by atoms with Crippen LogP contribution in [0.3, 0.4) is 0 Å². The maximum atomic E-state index is 5.38. The molecule has 0 bridgehead atoms. The van der Waals surface area contributed by atoms with Crippen LogP contribution in [0.5, 0.6) is 11.5 Å². The molecule has 0 radical (unpaired) electrons. The van der Waals surface area contributed by atoms with Crippen molar-refractivity contribution in [2.24, 2.45) is 0 Å². The predicted octanol–water partition coefficient (Wildman–Crippen LogP) is 3.80. The van der Waals surface area contributed by atoms with Crippen LogP contribution in [-0.2, 0) is 12.8 Å². The third kappa shape index (κ3) is 3.28. The third-order valence-corrected chi connectivity index (χ3v) is 3.41. The Bertz CT molecular complexity index is 547. The number of hydrogen-bond donors (Lipinski definition) is 0. The molecule has 2 rings (SSSR count). The molecule has 0 spiro atoms. The van der Waals surface area contributed by atoms with Gasteiger partial charge in [-0.25, -0.2) is 0 Å². The second-order valence-corrected chi connectivity index (χ2v) is 4.60. The molecule has 2 aromatic rings. The topological polar surface area (TPSA) is 18.5 Å². The van der Waals surface area contributed by atoms with Crippen LogP contribution in [0.2, 0.25) is 0 Å². The molecule has 0 aliphatic heterocycles. The maximum absolute atomic E-state index is 5.38. The number of aryl methyl sites for hydroxylation is 3. The average molecular weight is 256 g/mol. The van der Waals surface area contributed by atoms with E-state index in [0.717, 1.165) is 24.3 Å². The molecule has 0 saturated heterocycles. The van der Waals surface area contributed by atoms with E-state index >= 15 is 0 Å². The standard InChI is InChI=1S/C17H20O2/c1-13-8-11-16(18-2)12-15(13)10-9-14-6-4-5-7-17(14)19-3/h4-8,11-12H,9-10H2,1-3H3. The van der Waals surface area contributed by atoms with E-state index in [0.29, 0.717) is 0 Å². The second-order valence-electron chi connectivity index (χ2n) is 4.60. The van der Waals surface area contributed by atoms with Crippen LogP contribution in [0.15, 0.2) is 42.5 Å². The predicted molar refractivity (Wildman–Crippen MR) is 78.1 cm³/mol. The summed E-state index contributed by atoms with van der Waals surface area (Å²) in [5, 5.41) is 0. The number of hydrogen-bond acceptors (Lipinski definition) is 2. The Morgan fingerprint density at radius 1 is 0.842 bits per heavy atom. The summed E-state index contributed by atoms with van der Waals surface area (Å²) in [5.74, 6) is 1.88. The molecular weight excluding hydrogens is 236 g/mol. The maximum Gasteiger partial charge on any atom is 0.122 e. The fraction of sp³-hybridized carbons (Fsp3) is 0.294. The molecule has 0 saturated carbocycles. The Morgan fingerprint density at radius 2 is 1.58 bits per heavy atom. The molecule has 0 heterocycles. The van der Waals surface area contributed by atoms with Crippen molar-refractivity contribution in [1.82, 2.24) is 0 Å². The van der Waals surface area contributed by atoms with Crippen molar-refractivity contribution in [3.63, 3.8) is 0 Å². The van der Waals surface area contributed by atoms with Crippen molar-refractivity contribution in [3.05, 3.63) is 59.2 Å². The van der Waals surface area contributed by atoms with Crippen LogP contribution in [-0.4, -0.2) is 14.2 Å². The SMILES string of the molecule is COc1ccc(C)c(CCc2ccccc2OC)c1. The second kappa shape index (κ2) is 6.28. The van der Waals surface area contributed by atoms with Crippen LogP contribution in [0.25, 0.3) is 0 Å². The van der Waals surface area contributed by atoms with Gasteiger partial charge in [-0.1, -0.05) is 24.3 Å². The highest BCUT2D eigenvalue weighted by atomic mass is 16.5. The fourth-order valence-electron chi connectivity index (χ4n) is 2.22. The van der Waals surface area contributed by atoms with Crippen molar-refractivity contribution >= 4 is 0 Å². The Labute approximate surface area is 115 Å². The van der Waals surface area contributed by atoms with Gasteiger partial charge in [-0.3, -0.25) is 0 Å². The third-order valence-electron chi connectivity index (χ3n) is 3.41. The Balaban J connectivity index is 2.14. The van der Waals surface area contributed by atoms with Crippen LogP contribution >= 0.6 is 0 Å². The lowest BCUT2D eigenvalue weighted by Gasteiger charge is -2.10. The Hall–Kier alpha value is -1.96. The van der Waals surface area contributed by atoms with E-state index in [-0.39, 0.29) is 0 Å². The zero-order valence-corrected chi connectivity index (χ0v) is 11.8. The summed E-state index contributed by atoms with van der Waals surface area (Å²) in [5.41, 5.74) is 3.87. The molecule has 100 valence electrons. The van der Waals surface area contributed by atoms with Gasteiger partial charge in [0.1, 0.15) is 11.5 Å². The van der Waals surface area contributed by atoms with Gasteiger partial charge < -0.3 is 9.47 Å². The van der Waals surface area contributed by atoms with E-state index < -0.39 is 0 Å². The first-order chi connectivity index (χ1) is 9.24. The van der Waals surface area contributed by atoms with Crippen molar-refractivity contribution in [3.8, 4) is 11.5 Å². The monoisotopic (exact) mass is 256 g/mol. The summed E-state index contributed by atoms with van der Waals surface area (Å²) in [6.07, 6.45) is 1.96. The van der Waals surface area contributed by atoms with Crippen molar-refractivity contribution in [2.75, 3.05) is 14.2 Å². The van der Waals surface area contributed by atoms with Crippen molar-refractivity contribution in [2.45, 2.75) is 19.8 Å². The van der Waals surface area contributed by atoms with E-state index in [1.165, 1.54) is 16.7 Å². The zero-order chi connectivity index (χ0) is 13.7. The van der Waals surface area contributed by atoms with Gasteiger partial charge >= 0.3 is 0 Å². The molecule has 0 aliphatic carbocycles. The summed E-state index contributed by atoms with van der Waals surface area (Å²) < 4.78 is 10.7. The largest absolute Gasteiger partial charge is 0.497 e. The van der Waals surface area contributed by atoms with E-state index in [9.17, 15) is 0 Å². The van der Waals surface area contributed by atoms with Gasteiger partial charge in [0, 0.05) is 0 Å². The lowest BCUT2D eigenvalue weighted by molar-refractivity contribution is 0.409. The summed E-state index contributed by atoms with van der Waals surface area (Å²) in [6.45, 7) is 2.14. The quantitative estimate of drug-likeness (QED) is 0.810. The van der Waals surface area contributed by atoms with Gasteiger partial charge in [0.25, 0.3) is 0 Å². The number of para-hydroxylation sites is 1. The van der Waals surface area contributed by atoms with Crippen molar-refractivity contribution in [1.29, 1.82) is 0 Å². The molecule has 0 fully saturated rings. The van der Waals surface area contributed by atoms with Crippen LogP contribution in [0.1, 0.15) is 16.7 Å². The van der Waals surface area contributed by atoms with Crippen molar-refractivity contribution < 1.29 is 9.47 Å². The number of rotatable bonds is 5. The molecule has 19 heavy (non-hydrogen) atoms. The van der Waals surface area contributed by atoms with E-state index in [1.54, 1.807) is 14.2 Å². The molecular formula is C17H20O2. The molecule has 0 amide bonds. The number of ether oxygens (including phenoxy) is 2. The van der Waals surface area contributed by atoms with Gasteiger partial charge in [0.2, 0.25) is 0 Å². The molecule has 0 aromatic heterocycles. The van der Waals surface area contributed by atoms with Crippen LogP contribution in [0.4, 0.5) is 0 Å². The van der Waals surface area contributed by atoms with Gasteiger partial charge in [0.15, 0.2) is 0 Å². The summed E-state index contributed by atoms with van der Waals surface area (Å²) >= 11 is 0. The van der Waals surface area contributed by atoms with Gasteiger partial charge in [-0.05, 0) is 54.7 Å². The minimum atomic E-state index is 0.917. The minimum absolute atomic E-state index is 0.917. The Kier molecular flexibility index (Phi) is 4.45. The van der Waals surface area contributed by atoms with Gasteiger partial charge in [-0.15, -0.1) is 0 Å². The highest BCUT2D eigenvalue weighted by Gasteiger charge is 2.05. The molecule has 2 heteroatoms. The Morgan fingerprint density at radius 3 is 2.32 bits per heavy atom. The molecule has 0 N–H and O–H groups in total. The smallest absolute Gasteiger partial charge is 0.122 e. The lowest BCUT2D eigenvalue weighted by Crippen LogP contribution is -1.97. The van der Waals surface area contributed by atoms with Crippen LogP contribution < -0.4 is 9.47 Å². The van der Waals surface area contributed by atoms with Crippen LogP contribution in [0, 0.1) is 6.92 Å². The molecule has 2 nitrogen and oxygen atoms in total. The van der Waals surface area contributed by atoms with Gasteiger partial charge in [0.05, 0.1) is 14.2 Å². The summed E-state index contributed by atoms with van der Waals surface area (Å²) in [7, 11) is 3.42. The summed E-state index contributed by atoms with van der Waals surface area (Å²) in [4.78, 5) is 0. The van der Waals surface area contributed by atoms with E-state index in [4.69, 9.17) is 9.47 Å². The fourth-order valence-corrected chi connectivity index (χ4v) is 2.22. The molecule has 2 aromatic carbocycles. The summed E-state index contributed by atoms with van der Waals surface area (Å²) in [6, 6.07) is 14.4. The molecule has 0 aliphatic rings. The first-order valence-corrected chi connectivity index (χ1v) is 6.50. The highest BCUT2D eigenvalue weighted by Crippen LogP contribution is 2.22. The highest BCUT2D eigenvalue weighted by molar-refractivity contribution is 5.37. The van der Waals surface area contributed by atoms with E-state index in [2.05, 4.69) is 31.2 Å². The molecule has 0 unspecified atom stereocenters. The first-order valence-electron chi connectivity index (χ1n) is 6.50. The number of benzene rings is 2. The lowest BCUT2D eigenvalue weighted by atomic mass is 10.00. The minimum Gasteiger partial charge on any atom is -0.497 e.